The molecule has 0 spiro atoms. The quantitative estimate of drug-likeness (QED) is 0.335. The van der Waals surface area contributed by atoms with Crippen LogP contribution in [0.4, 0.5) is 5.82 Å². The van der Waals surface area contributed by atoms with Gasteiger partial charge in [0.05, 0.1) is 12.0 Å². The number of halogens is 1. The third-order valence-corrected chi connectivity index (χ3v) is 6.96. The largest absolute Gasteiger partial charge is 0.461 e. The Balaban J connectivity index is 1.47. The third kappa shape index (κ3) is 5.72. The molecule has 1 fully saturated rings. The van der Waals surface area contributed by atoms with Crippen LogP contribution >= 0.6 is 22.9 Å². The molecule has 2 aromatic heterocycles. The molecule has 6 nitrogen and oxygen atoms in total. The lowest BCUT2D eigenvalue weighted by molar-refractivity contribution is 0.0464. The molecule has 3 aromatic rings. The Morgan fingerprint density at radius 2 is 1.91 bits per heavy atom. The maximum absolute atomic E-state index is 12.6. The fourth-order valence-electron chi connectivity index (χ4n) is 3.87. The van der Waals surface area contributed by atoms with Gasteiger partial charge in [-0.3, -0.25) is 4.90 Å². The average molecular weight is 485 g/mol. The highest BCUT2D eigenvalue weighted by Crippen LogP contribution is 2.37. The monoisotopic (exact) mass is 484 g/mol. The van der Waals surface area contributed by atoms with Gasteiger partial charge < -0.3 is 9.64 Å². The molecule has 0 bridgehead atoms. The first-order valence-electron chi connectivity index (χ1n) is 11.2. The van der Waals surface area contributed by atoms with Crippen molar-refractivity contribution in [3.8, 4) is 0 Å². The molecule has 0 aliphatic carbocycles. The molecule has 1 aliphatic rings. The maximum Gasteiger partial charge on any atom is 0.348 e. The molecule has 0 atom stereocenters. The topological polar surface area (TPSA) is 58.6 Å². The van der Waals surface area contributed by atoms with Crippen LogP contribution in [0.5, 0.6) is 0 Å². The van der Waals surface area contributed by atoms with E-state index >= 15 is 0 Å². The van der Waals surface area contributed by atoms with Crippen molar-refractivity contribution in [2.24, 2.45) is 5.92 Å². The Kier molecular flexibility index (Phi) is 7.63. The number of fused-ring (bicyclic) bond motifs is 1. The van der Waals surface area contributed by atoms with Crippen LogP contribution < -0.4 is 4.90 Å². The number of carbonyl (C=O) groups excluding carboxylic acids is 1. The Morgan fingerprint density at radius 1 is 1.18 bits per heavy atom. The lowest BCUT2D eigenvalue weighted by Gasteiger charge is -2.35. The lowest BCUT2D eigenvalue weighted by Crippen LogP contribution is -2.46. The summed E-state index contributed by atoms with van der Waals surface area (Å²) in [5, 5.41) is 1.10. The van der Waals surface area contributed by atoms with Gasteiger partial charge in [0.15, 0.2) is 0 Å². The maximum atomic E-state index is 12.6. The van der Waals surface area contributed by atoms with E-state index in [2.05, 4.69) is 44.1 Å². The third-order valence-electron chi connectivity index (χ3n) is 5.62. The molecule has 3 heterocycles. The molecule has 174 valence electrons. The first-order valence-corrected chi connectivity index (χ1v) is 12.4. The van der Waals surface area contributed by atoms with Crippen LogP contribution in [-0.2, 0) is 4.74 Å². The van der Waals surface area contributed by atoms with Gasteiger partial charge in [0, 0.05) is 32.7 Å². The summed E-state index contributed by atoms with van der Waals surface area (Å²) >= 11 is 7.59. The van der Waals surface area contributed by atoms with Gasteiger partial charge in [-0.1, -0.05) is 56.3 Å². The minimum absolute atomic E-state index is 0.203. The first-order chi connectivity index (χ1) is 15.9. The Hall–Kier alpha value is -2.48. The summed E-state index contributed by atoms with van der Waals surface area (Å²) in [4.78, 5) is 27.6. The number of esters is 1. The summed E-state index contributed by atoms with van der Waals surface area (Å²) in [5.74, 6) is 0.787. The van der Waals surface area contributed by atoms with Crippen molar-refractivity contribution in [1.82, 2.24) is 14.9 Å². The molecule has 8 heteroatoms. The van der Waals surface area contributed by atoms with E-state index in [4.69, 9.17) is 16.3 Å². The van der Waals surface area contributed by atoms with Crippen LogP contribution in [0.25, 0.3) is 16.3 Å². The molecule has 0 amide bonds. The molecular weight excluding hydrogens is 456 g/mol. The summed E-state index contributed by atoms with van der Waals surface area (Å²) in [6, 6.07) is 10.3. The normalized spacial score (nSPS) is 15.1. The van der Waals surface area contributed by atoms with Gasteiger partial charge in [-0.25, -0.2) is 9.78 Å². The number of anilines is 1. The highest BCUT2D eigenvalue weighted by molar-refractivity contribution is 7.20. The lowest BCUT2D eigenvalue weighted by atomic mass is 10.1. The van der Waals surface area contributed by atoms with E-state index in [0.29, 0.717) is 11.5 Å². The van der Waals surface area contributed by atoms with E-state index in [-0.39, 0.29) is 17.2 Å². The van der Waals surface area contributed by atoms with Gasteiger partial charge in [0.1, 0.15) is 15.5 Å². The van der Waals surface area contributed by atoms with Crippen molar-refractivity contribution in [2.75, 3.05) is 44.2 Å². The summed E-state index contributed by atoms with van der Waals surface area (Å²) < 4.78 is 5.46. The van der Waals surface area contributed by atoms with Gasteiger partial charge >= 0.3 is 5.97 Å². The zero-order valence-electron chi connectivity index (χ0n) is 19.3. The molecule has 0 unspecified atom stereocenters. The average Bonchev–Trinajstić information content (AvgIpc) is 3.14. The van der Waals surface area contributed by atoms with Crippen molar-refractivity contribution in [2.45, 2.75) is 20.8 Å². The number of aromatic nitrogens is 2. The molecule has 1 aromatic carbocycles. The van der Waals surface area contributed by atoms with Crippen molar-refractivity contribution in [1.29, 1.82) is 0 Å². The number of nitrogens with zero attached hydrogens (tertiary/aromatic N) is 4. The van der Waals surface area contributed by atoms with Crippen LogP contribution in [0, 0.1) is 12.8 Å². The van der Waals surface area contributed by atoms with E-state index in [0.717, 1.165) is 54.3 Å². The van der Waals surface area contributed by atoms with Crippen LogP contribution in [0.3, 0.4) is 0 Å². The van der Waals surface area contributed by atoms with E-state index in [1.165, 1.54) is 16.9 Å². The van der Waals surface area contributed by atoms with Crippen molar-refractivity contribution < 1.29 is 9.53 Å². The number of aryl methyl sites for hydroxylation is 1. The second kappa shape index (κ2) is 10.6. The number of benzene rings is 1. The number of piperazine rings is 1. The molecule has 0 N–H and O–H groups in total. The molecule has 0 radical (unpaired) electrons. The van der Waals surface area contributed by atoms with Crippen LogP contribution in [0.1, 0.15) is 34.6 Å². The summed E-state index contributed by atoms with van der Waals surface area (Å²) in [5.41, 5.74) is 2.08. The molecule has 33 heavy (non-hydrogen) atoms. The number of hydrogen-bond acceptors (Lipinski definition) is 7. The predicted molar refractivity (Wildman–Crippen MR) is 136 cm³/mol. The van der Waals surface area contributed by atoms with Gasteiger partial charge in [-0.05, 0) is 35.6 Å². The van der Waals surface area contributed by atoms with Gasteiger partial charge in [0.2, 0.25) is 5.28 Å². The Labute approximate surface area is 203 Å². The number of hydrogen-bond donors (Lipinski definition) is 0. The summed E-state index contributed by atoms with van der Waals surface area (Å²) in [6.07, 6.45) is 4.37. The van der Waals surface area contributed by atoms with Gasteiger partial charge in [-0.15, -0.1) is 11.3 Å². The number of carbonyl (C=O) groups is 1. The number of ether oxygens (including phenoxy) is 1. The highest BCUT2D eigenvalue weighted by Gasteiger charge is 2.26. The Morgan fingerprint density at radius 3 is 2.61 bits per heavy atom. The minimum atomic E-state index is -0.304. The SMILES string of the molecule is Cc1c(C(=O)OCC(C)C)sc2nc(Cl)nc(N3CCN(C/C=C/c4ccccc4)CC3)c12. The van der Waals surface area contributed by atoms with Crippen molar-refractivity contribution in [3.63, 3.8) is 0 Å². The second-order valence-electron chi connectivity index (χ2n) is 8.65. The van der Waals surface area contributed by atoms with Crippen LogP contribution in [0.15, 0.2) is 36.4 Å². The molecule has 0 saturated carbocycles. The zero-order valence-corrected chi connectivity index (χ0v) is 20.8. The van der Waals surface area contributed by atoms with E-state index in [1.54, 1.807) is 0 Å². The second-order valence-corrected chi connectivity index (χ2v) is 9.98. The summed E-state index contributed by atoms with van der Waals surface area (Å²) in [7, 11) is 0. The smallest absolute Gasteiger partial charge is 0.348 e. The fourth-order valence-corrected chi connectivity index (χ4v) is 5.15. The van der Waals surface area contributed by atoms with Gasteiger partial charge in [0.25, 0.3) is 0 Å². The van der Waals surface area contributed by atoms with Crippen molar-refractivity contribution in [3.05, 3.63) is 57.7 Å². The van der Waals surface area contributed by atoms with Crippen LogP contribution in [0.2, 0.25) is 5.28 Å². The van der Waals surface area contributed by atoms with Gasteiger partial charge in [-0.2, -0.15) is 4.98 Å². The van der Waals surface area contributed by atoms with Crippen LogP contribution in [-0.4, -0.2) is 60.2 Å². The Bertz CT molecular complexity index is 1140. The van der Waals surface area contributed by atoms with Crippen molar-refractivity contribution >= 4 is 51.0 Å². The first kappa shape index (κ1) is 23.7. The molecule has 4 rings (SSSR count). The zero-order chi connectivity index (χ0) is 23.4. The number of thiophene rings is 1. The molecular formula is C25H29ClN4O2S. The number of rotatable bonds is 7. The van der Waals surface area contributed by atoms with E-state index < -0.39 is 0 Å². The standard InChI is InChI=1S/C25H29ClN4O2S/c1-17(2)16-32-24(31)21-18(3)20-22(27-25(26)28-23(20)33-21)30-14-12-29(13-15-30)11-7-10-19-8-5-4-6-9-19/h4-10,17H,11-16H2,1-3H3/b10-7+. The van der Waals surface area contributed by atoms with E-state index in [1.807, 2.05) is 39.0 Å². The molecule has 1 saturated heterocycles. The minimum Gasteiger partial charge on any atom is -0.461 e. The fraction of sp³-hybridized carbons (Fsp3) is 0.400. The van der Waals surface area contributed by atoms with E-state index in [9.17, 15) is 4.79 Å². The highest BCUT2D eigenvalue weighted by atomic mass is 35.5. The predicted octanol–water partition coefficient (Wildman–Crippen LogP) is 5.30. The summed E-state index contributed by atoms with van der Waals surface area (Å²) in [6.45, 7) is 10.8. The molecule has 1 aliphatic heterocycles.